The first-order valence-corrected chi connectivity index (χ1v) is 6.27. The van der Waals surface area contributed by atoms with Crippen molar-refractivity contribution < 1.29 is 19.1 Å². The van der Waals surface area contributed by atoms with E-state index in [9.17, 15) is 9.59 Å². The summed E-state index contributed by atoms with van der Waals surface area (Å²) in [6.07, 6.45) is 4.33. The number of aromatic carboxylic acids is 1. The molecular weight excluding hydrogens is 234 g/mol. The summed E-state index contributed by atoms with van der Waals surface area (Å²) >= 11 is 0. The van der Waals surface area contributed by atoms with E-state index in [1.165, 1.54) is 12.1 Å². The largest absolute Gasteiger partial charge is 0.475 e. The van der Waals surface area contributed by atoms with Gasteiger partial charge in [0.05, 0.1) is 0 Å². The highest BCUT2D eigenvalue weighted by atomic mass is 16.4. The third kappa shape index (κ3) is 2.39. The van der Waals surface area contributed by atoms with Gasteiger partial charge in [-0.05, 0) is 31.9 Å². The van der Waals surface area contributed by atoms with Crippen molar-refractivity contribution in [3.8, 4) is 0 Å². The van der Waals surface area contributed by atoms with Crippen molar-refractivity contribution in [3.63, 3.8) is 0 Å². The smallest absolute Gasteiger partial charge is 0.371 e. The Kier molecular flexibility index (Phi) is 3.69. The number of carboxylic acid groups (broad SMARTS) is 1. The number of nitrogens with zero attached hydrogens (tertiary/aromatic N) is 1. The lowest BCUT2D eigenvalue weighted by molar-refractivity contribution is 0.0630. The maximum atomic E-state index is 12.2. The summed E-state index contributed by atoms with van der Waals surface area (Å²) in [6, 6.07) is 3.02. The quantitative estimate of drug-likeness (QED) is 0.891. The topological polar surface area (TPSA) is 70.8 Å². The van der Waals surface area contributed by atoms with Gasteiger partial charge in [0.25, 0.3) is 5.91 Å². The molecule has 0 bridgehead atoms. The zero-order chi connectivity index (χ0) is 13.1. The van der Waals surface area contributed by atoms with Crippen LogP contribution in [0.25, 0.3) is 0 Å². The summed E-state index contributed by atoms with van der Waals surface area (Å²) in [5, 5.41) is 8.77. The zero-order valence-electron chi connectivity index (χ0n) is 10.4. The molecule has 0 atom stereocenters. The van der Waals surface area contributed by atoms with Crippen molar-refractivity contribution in [1.29, 1.82) is 0 Å². The average Bonchev–Trinajstić information content (AvgIpc) is 3.01. The third-order valence-corrected chi connectivity index (χ3v) is 3.39. The molecule has 0 aliphatic heterocycles. The fourth-order valence-corrected chi connectivity index (χ4v) is 2.49. The Bertz CT molecular complexity index is 446. The minimum atomic E-state index is -1.15. The Morgan fingerprint density at radius 3 is 2.44 bits per heavy atom. The third-order valence-electron chi connectivity index (χ3n) is 3.39. The molecule has 2 rings (SSSR count). The van der Waals surface area contributed by atoms with Gasteiger partial charge >= 0.3 is 5.97 Å². The number of amides is 1. The Morgan fingerprint density at radius 1 is 1.33 bits per heavy atom. The number of carbonyl (C=O) groups is 2. The SMILES string of the molecule is CCN(C(=O)c1ccc(C(=O)O)o1)C1CCCC1. The molecule has 1 aromatic rings. The molecule has 1 heterocycles. The van der Waals surface area contributed by atoms with Gasteiger partial charge in [0, 0.05) is 12.6 Å². The van der Waals surface area contributed by atoms with Gasteiger partial charge in [-0.25, -0.2) is 4.79 Å². The number of carbonyl (C=O) groups excluding carboxylic acids is 1. The van der Waals surface area contributed by atoms with Crippen LogP contribution in [0.1, 0.15) is 53.7 Å². The monoisotopic (exact) mass is 251 g/mol. The number of hydrogen-bond donors (Lipinski definition) is 1. The molecule has 1 aliphatic rings. The van der Waals surface area contributed by atoms with E-state index in [4.69, 9.17) is 9.52 Å². The number of furan rings is 1. The molecule has 1 amide bonds. The number of rotatable bonds is 4. The minimum Gasteiger partial charge on any atom is -0.475 e. The van der Waals surface area contributed by atoms with Crippen LogP contribution in [0.15, 0.2) is 16.5 Å². The van der Waals surface area contributed by atoms with Crippen LogP contribution in [0.2, 0.25) is 0 Å². The molecule has 1 aliphatic carbocycles. The van der Waals surface area contributed by atoms with E-state index < -0.39 is 5.97 Å². The molecular formula is C13H17NO4. The summed E-state index contributed by atoms with van der Waals surface area (Å²) < 4.78 is 5.06. The summed E-state index contributed by atoms with van der Waals surface area (Å²) in [7, 11) is 0. The van der Waals surface area contributed by atoms with Crippen LogP contribution in [-0.2, 0) is 0 Å². The van der Waals surface area contributed by atoms with Crippen molar-refractivity contribution in [2.24, 2.45) is 0 Å². The van der Waals surface area contributed by atoms with Crippen molar-refractivity contribution in [2.75, 3.05) is 6.54 Å². The standard InChI is InChI=1S/C13H17NO4/c1-2-14(9-5-3-4-6-9)12(15)10-7-8-11(18-10)13(16)17/h7-9H,2-6H2,1H3,(H,16,17). The Balaban J connectivity index is 2.14. The second kappa shape index (κ2) is 5.25. The fourth-order valence-electron chi connectivity index (χ4n) is 2.49. The molecule has 0 unspecified atom stereocenters. The lowest BCUT2D eigenvalue weighted by atomic mass is 10.2. The molecule has 5 heteroatoms. The Hall–Kier alpha value is -1.78. The van der Waals surface area contributed by atoms with E-state index in [1.807, 2.05) is 6.92 Å². The maximum Gasteiger partial charge on any atom is 0.371 e. The summed E-state index contributed by atoms with van der Waals surface area (Å²) in [5.41, 5.74) is 0. The van der Waals surface area contributed by atoms with Crippen molar-refractivity contribution in [2.45, 2.75) is 38.6 Å². The van der Waals surface area contributed by atoms with Gasteiger partial charge in [-0.1, -0.05) is 12.8 Å². The predicted octanol–water partition coefficient (Wildman–Crippen LogP) is 2.38. The lowest BCUT2D eigenvalue weighted by Crippen LogP contribution is -2.38. The van der Waals surface area contributed by atoms with Gasteiger partial charge in [-0.2, -0.15) is 0 Å². The van der Waals surface area contributed by atoms with E-state index in [0.717, 1.165) is 25.7 Å². The van der Waals surface area contributed by atoms with Crippen molar-refractivity contribution >= 4 is 11.9 Å². The lowest BCUT2D eigenvalue weighted by Gasteiger charge is -2.26. The number of carboxylic acids is 1. The molecule has 0 aromatic carbocycles. The van der Waals surface area contributed by atoms with E-state index in [2.05, 4.69) is 0 Å². The molecule has 1 aromatic heterocycles. The Labute approximate surface area is 105 Å². The first-order chi connectivity index (χ1) is 8.63. The van der Waals surface area contributed by atoms with Crippen LogP contribution in [0.5, 0.6) is 0 Å². The van der Waals surface area contributed by atoms with Gasteiger partial charge in [0.1, 0.15) is 0 Å². The first-order valence-electron chi connectivity index (χ1n) is 6.27. The maximum absolute atomic E-state index is 12.2. The number of hydrogen-bond acceptors (Lipinski definition) is 3. The Morgan fingerprint density at radius 2 is 1.94 bits per heavy atom. The van der Waals surface area contributed by atoms with Gasteiger partial charge < -0.3 is 14.4 Å². The van der Waals surface area contributed by atoms with E-state index >= 15 is 0 Å². The highest BCUT2D eigenvalue weighted by Gasteiger charge is 2.28. The molecule has 18 heavy (non-hydrogen) atoms. The average molecular weight is 251 g/mol. The molecule has 0 radical (unpaired) electrons. The second-order valence-corrected chi connectivity index (χ2v) is 4.50. The van der Waals surface area contributed by atoms with Crippen LogP contribution >= 0.6 is 0 Å². The summed E-state index contributed by atoms with van der Waals surface area (Å²) in [5.74, 6) is -1.45. The summed E-state index contributed by atoms with van der Waals surface area (Å²) in [4.78, 5) is 24.7. The molecule has 1 N–H and O–H groups in total. The van der Waals surface area contributed by atoms with Crippen LogP contribution in [0.4, 0.5) is 0 Å². The van der Waals surface area contributed by atoms with Crippen molar-refractivity contribution in [1.82, 2.24) is 4.90 Å². The van der Waals surface area contributed by atoms with E-state index in [1.54, 1.807) is 4.90 Å². The molecule has 98 valence electrons. The van der Waals surface area contributed by atoms with Gasteiger partial charge in [-0.3, -0.25) is 4.79 Å². The molecule has 0 saturated heterocycles. The summed E-state index contributed by atoms with van der Waals surface area (Å²) in [6.45, 7) is 2.55. The molecule has 1 fully saturated rings. The van der Waals surface area contributed by atoms with E-state index in [0.29, 0.717) is 6.54 Å². The zero-order valence-corrected chi connectivity index (χ0v) is 10.4. The van der Waals surface area contributed by atoms with E-state index in [-0.39, 0.29) is 23.5 Å². The van der Waals surface area contributed by atoms with Crippen molar-refractivity contribution in [3.05, 3.63) is 23.7 Å². The van der Waals surface area contributed by atoms with Gasteiger partial charge in [0.2, 0.25) is 5.76 Å². The highest BCUT2D eigenvalue weighted by Crippen LogP contribution is 2.25. The van der Waals surface area contributed by atoms with Gasteiger partial charge in [-0.15, -0.1) is 0 Å². The fraction of sp³-hybridized carbons (Fsp3) is 0.538. The van der Waals surface area contributed by atoms with Crippen LogP contribution in [-0.4, -0.2) is 34.5 Å². The predicted molar refractivity (Wildman–Crippen MR) is 64.6 cm³/mol. The second-order valence-electron chi connectivity index (χ2n) is 4.50. The van der Waals surface area contributed by atoms with Gasteiger partial charge in [0.15, 0.2) is 5.76 Å². The minimum absolute atomic E-state index is 0.112. The highest BCUT2D eigenvalue weighted by molar-refractivity contribution is 5.93. The van der Waals surface area contributed by atoms with Crippen LogP contribution in [0.3, 0.4) is 0 Å². The normalized spacial score (nSPS) is 15.8. The van der Waals surface area contributed by atoms with Crippen LogP contribution in [0, 0.1) is 0 Å². The first kappa shape index (κ1) is 12.7. The molecule has 0 spiro atoms. The molecule has 5 nitrogen and oxygen atoms in total. The molecule has 1 saturated carbocycles. The van der Waals surface area contributed by atoms with Crippen LogP contribution < -0.4 is 0 Å².